The lowest BCUT2D eigenvalue weighted by molar-refractivity contribution is -0.142. The first-order valence-corrected chi connectivity index (χ1v) is 13.8. The molecule has 3 aromatic carbocycles. The Balaban J connectivity index is 1.21. The van der Waals surface area contributed by atoms with Gasteiger partial charge in [-0.2, -0.15) is 4.98 Å². The minimum absolute atomic E-state index is 0.0128. The van der Waals surface area contributed by atoms with Gasteiger partial charge < -0.3 is 19.7 Å². The van der Waals surface area contributed by atoms with Crippen molar-refractivity contribution in [3.05, 3.63) is 89.7 Å². The van der Waals surface area contributed by atoms with Crippen molar-refractivity contribution in [2.45, 2.75) is 51.2 Å². The maximum absolute atomic E-state index is 15.1. The number of hydrogen-bond donors (Lipinski definition) is 3. The molecule has 3 N–H and O–H groups in total. The molecule has 222 valence electrons. The van der Waals surface area contributed by atoms with Gasteiger partial charge in [-0.3, -0.25) is 10.1 Å². The van der Waals surface area contributed by atoms with Gasteiger partial charge in [0.2, 0.25) is 11.7 Å². The van der Waals surface area contributed by atoms with Crippen LogP contribution in [0.1, 0.15) is 44.2 Å². The number of aliphatic carboxylic acids is 1. The van der Waals surface area contributed by atoms with Gasteiger partial charge in [0.05, 0.1) is 5.56 Å². The van der Waals surface area contributed by atoms with Crippen molar-refractivity contribution in [1.82, 2.24) is 15.5 Å². The Hall–Kier alpha value is -5.06. The largest absolute Gasteiger partial charge is 0.480 e. The highest BCUT2D eigenvalue weighted by Gasteiger charge is 2.44. The van der Waals surface area contributed by atoms with Gasteiger partial charge in [0.25, 0.3) is 5.89 Å². The lowest BCUT2D eigenvalue weighted by Gasteiger charge is -2.19. The smallest absolute Gasteiger partial charge is 0.412 e. The van der Waals surface area contributed by atoms with E-state index in [9.17, 15) is 19.5 Å². The summed E-state index contributed by atoms with van der Waals surface area (Å²) < 4.78 is 25.7. The molecule has 3 unspecified atom stereocenters. The average Bonchev–Trinajstić information content (AvgIpc) is 3.62. The summed E-state index contributed by atoms with van der Waals surface area (Å²) >= 11 is 0. The van der Waals surface area contributed by atoms with Gasteiger partial charge in [0.15, 0.2) is 0 Å². The average molecular weight is 587 g/mol. The van der Waals surface area contributed by atoms with Crippen molar-refractivity contribution in [3.63, 3.8) is 0 Å². The molecular weight excluding hydrogens is 555 g/mol. The van der Waals surface area contributed by atoms with Crippen LogP contribution in [0.2, 0.25) is 0 Å². The molecule has 0 aliphatic heterocycles. The third-order valence-corrected chi connectivity index (χ3v) is 6.89. The molecule has 43 heavy (non-hydrogen) atoms. The van der Waals surface area contributed by atoms with E-state index in [2.05, 4.69) is 20.8 Å². The summed E-state index contributed by atoms with van der Waals surface area (Å²) in [7, 11) is 0. The van der Waals surface area contributed by atoms with E-state index in [1.807, 2.05) is 30.3 Å². The molecule has 4 aromatic rings. The molecule has 0 radical (unpaired) electrons. The molecule has 1 aliphatic carbocycles. The summed E-state index contributed by atoms with van der Waals surface area (Å²) in [5.41, 5.74) is 1.93. The predicted molar refractivity (Wildman–Crippen MR) is 156 cm³/mol. The van der Waals surface area contributed by atoms with Crippen LogP contribution in [0.15, 0.2) is 77.3 Å². The van der Waals surface area contributed by atoms with Gasteiger partial charge in [-0.05, 0) is 80.6 Å². The predicted octanol–water partition coefficient (Wildman–Crippen LogP) is 5.81. The highest BCUT2D eigenvalue weighted by atomic mass is 19.1. The highest BCUT2D eigenvalue weighted by molar-refractivity contribution is 5.88. The number of carbonyl (C=O) groups excluding carboxylic acids is 2. The van der Waals surface area contributed by atoms with Gasteiger partial charge >= 0.3 is 12.1 Å². The number of carboxylic acid groups (broad SMARTS) is 1. The number of nitrogens with zero attached hydrogens (tertiary/aromatic N) is 2. The number of hydrogen-bond acceptors (Lipinski definition) is 7. The fourth-order valence-corrected chi connectivity index (χ4v) is 4.70. The first kappa shape index (κ1) is 29.4. The van der Waals surface area contributed by atoms with Crippen LogP contribution in [-0.2, 0) is 20.7 Å². The maximum atomic E-state index is 15.1. The molecule has 5 rings (SSSR count). The van der Waals surface area contributed by atoms with Gasteiger partial charge in [0, 0.05) is 23.6 Å². The summed E-state index contributed by atoms with van der Waals surface area (Å²) in [6, 6.07) is 19.2. The topological polar surface area (TPSA) is 144 Å². The van der Waals surface area contributed by atoms with Crippen LogP contribution in [0.4, 0.5) is 14.9 Å². The molecule has 1 fully saturated rings. The van der Waals surface area contributed by atoms with Crippen molar-refractivity contribution in [2.24, 2.45) is 5.92 Å². The standard InChI is InChI=1S/C32H31FN4O6/c1-32(2,3)42-31(41)34-21-12-10-20(11-13-21)29-36-27(37-43-29)22-14-9-18(15-25(22)33)16-26(30(39)40)35-28(38)24-17-23(24)19-7-5-4-6-8-19/h4-15,23-24,26H,16-17H2,1-3H3,(H,34,41)(H,35,38)(H,39,40). The van der Waals surface area contributed by atoms with Crippen LogP contribution in [-0.4, -0.2) is 44.9 Å². The molecule has 1 aliphatic rings. The first-order valence-electron chi connectivity index (χ1n) is 13.8. The molecule has 0 saturated heterocycles. The number of anilines is 1. The molecule has 0 spiro atoms. The zero-order valence-corrected chi connectivity index (χ0v) is 23.8. The number of amides is 2. The maximum Gasteiger partial charge on any atom is 0.412 e. The second kappa shape index (κ2) is 12.0. The van der Waals surface area contributed by atoms with E-state index in [0.717, 1.165) is 5.56 Å². The first-order chi connectivity index (χ1) is 20.5. The minimum atomic E-state index is -1.21. The van der Waals surface area contributed by atoms with E-state index in [4.69, 9.17) is 9.26 Å². The monoisotopic (exact) mass is 586 g/mol. The van der Waals surface area contributed by atoms with Crippen molar-refractivity contribution < 1.29 is 33.1 Å². The van der Waals surface area contributed by atoms with Gasteiger partial charge in [0.1, 0.15) is 17.5 Å². The van der Waals surface area contributed by atoms with Crippen LogP contribution in [0.25, 0.3) is 22.8 Å². The van der Waals surface area contributed by atoms with Crippen LogP contribution in [0, 0.1) is 11.7 Å². The van der Waals surface area contributed by atoms with E-state index in [0.29, 0.717) is 23.2 Å². The number of halogens is 1. The van der Waals surface area contributed by atoms with Gasteiger partial charge in [-0.25, -0.2) is 14.0 Å². The zero-order valence-electron chi connectivity index (χ0n) is 23.8. The van der Waals surface area contributed by atoms with E-state index in [1.165, 1.54) is 12.1 Å². The lowest BCUT2D eigenvalue weighted by Crippen LogP contribution is -2.43. The quantitative estimate of drug-likeness (QED) is 0.223. The summed E-state index contributed by atoms with van der Waals surface area (Å²) in [6.07, 6.45) is -0.0241. The summed E-state index contributed by atoms with van der Waals surface area (Å²) in [5, 5.41) is 18.8. The van der Waals surface area contributed by atoms with Gasteiger partial charge in [-0.15, -0.1) is 0 Å². The van der Waals surface area contributed by atoms with Crippen molar-refractivity contribution in [2.75, 3.05) is 5.32 Å². The molecule has 2 amide bonds. The van der Waals surface area contributed by atoms with E-state index >= 15 is 4.39 Å². The zero-order chi connectivity index (χ0) is 30.7. The molecule has 1 saturated carbocycles. The Bertz CT molecular complexity index is 1630. The molecule has 0 bridgehead atoms. The van der Waals surface area contributed by atoms with Crippen molar-refractivity contribution >= 4 is 23.7 Å². The summed E-state index contributed by atoms with van der Waals surface area (Å²) in [4.78, 5) is 40.9. The number of nitrogens with one attached hydrogen (secondary N) is 2. The SMILES string of the molecule is CC(C)(C)OC(=O)Nc1ccc(-c2nc(-c3ccc(CC(NC(=O)C4CC4c4ccccc4)C(=O)O)cc3F)no2)cc1. The van der Waals surface area contributed by atoms with E-state index < -0.39 is 29.5 Å². The van der Waals surface area contributed by atoms with E-state index in [1.54, 1.807) is 51.1 Å². The molecule has 1 aromatic heterocycles. The number of aromatic nitrogens is 2. The molecule has 11 heteroatoms. The number of carbonyl (C=O) groups is 3. The minimum Gasteiger partial charge on any atom is -0.480 e. The Kier molecular flexibility index (Phi) is 8.24. The fraction of sp³-hybridized carbons (Fsp3) is 0.281. The normalized spacial score (nSPS) is 16.7. The number of carboxylic acids is 1. The Morgan fingerprint density at radius 1 is 1.07 bits per heavy atom. The second-order valence-electron chi connectivity index (χ2n) is 11.4. The third-order valence-electron chi connectivity index (χ3n) is 6.89. The van der Waals surface area contributed by atoms with Crippen LogP contribution in [0.5, 0.6) is 0 Å². The molecular formula is C32H31FN4O6. The summed E-state index contributed by atoms with van der Waals surface area (Å²) in [5.74, 6) is -2.25. The number of benzene rings is 3. The second-order valence-corrected chi connectivity index (χ2v) is 11.4. The van der Waals surface area contributed by atoms with Crippen LogP contribution >= 0.6 is 0 Å². The van der Waals surface area contributed by atoms with Crippen LogP contribution in [0.3, 0.4) is 0 Å². The molecule has 1 heterocycles. The molecule has 10 nitrogen and oxygen atoms in total. The Morgan fingerprint density at radius 2 is 1.79 bits per heavy atom. The van der Waals surface area contributed by atoms with Crippen molar-refractivity contribution in [1.29, 1.82) is 0 Å². The fourth-order valence-electron chi connectivity index (χ4n) is 4.70. The lowest BCUT2D eigenvalue weighted by atomic mass is 10.0. The molecule has 3 atom stereocenters. The summed E-state index contributed by atoms with van der Waals surface area (Å²) in [6.45, 7) is 5.30. The van der Waals surface area contributed by atoms with E-state index in [-0.39, 0.29) is 41.4 Å². The highest BCUT2D eigenvalue weighted by Crippen LogP contribution is 2.47. The third kappa shape index (κ3) is 7.42. The Morgan fingerprint density at radius 3 is 2.44 bits per heavy atom. The Labute approximate surface area is 247 Å². The number of rotatable bonds is 9. The van der Waals surface area contributed by atoms with Gasteiger partial charge in [-0.1, -0.05) is 41.6 Å². The van der Waals surface area contributed by atoms with Crippen molar-refractivity contribution in [3.8, 4) is 22.8 Å². The number of ether oxygens (including phenoxy) is 1. The van der Waals surface area contributed by atoms with Crippen LogP contribution < -0.4 is 10.6 Å².